The Morgan fingerprint density at radius 3 is 2.81 bits per heavy atom. The second kappa shape index (κ2) is 4.71. The number of aromatic nitrogens is 2. The molecular weight excluding hydrogens is 220 g/mol. The maximum atomic E-state index is 5.88. The van der Waals surface area contributed by atoms with E-state index in [0.717, 1.165) is 5.69 Å². The van der Waals surface area contributed by atoms with Gasteiger partial charge in [0.05, 0.1) is 23.9 Å². The number of hydrogen-bond donors (Lipinski definition) is 0. The van der Waals surface area contributed by atoms with Crippen LogP contribution in [0.1, 0.15) is 29.8 Å². The summed E-state index contributed by atoms with van der Waals surface area (Å²) in [5, 5.41) is 0. The SMILES string of the molecule is Cc1ccccc1C(C)n1cncc1CCl. The number of benzene rings is 1. The van der Waals surface area contributed by atoms with E-state index in [9.17, 15) is 0 Å². The summed E-state index contributed by atoms with van der Waals surface area (Å²) in [6.07, 6.45) is 3.66. The molecule has 3 heteroatoms. The van der Waals surface area contributed by atoms with Gasteiger partial charge in [0.2, 0.25) is 0 Å². The fourth-order valence-electron chi connectivity index (χ4n) is 1.99. The van der Waals surface area contributed by atoms with E-state index in [4.69, 9.17) is 11.6 Å². The summed E-state index contributed by atoms with van der Waals surface area (Å²) in [6.45, 7) is 4.29. The molecule has 2 nitrogen and oxygen atoms in total. The van der Waals surface area contributed by atoms with Crippen molar-refractivity contribution in [2.45, 2.75) is 25.8 Å². The standard InChI is InChI=1S/C13H15ClN2/c1-10-5-3-4-6-13(10)11(2)16-9-15-8-12(16)7-14/h3-6,8-9,11H,7H2,1-2H3. The average Bonchev–Trinajstić information content (AvgIpc) is 2.77. The van der Waals surface area contributed by atoms with E-state index < -0.39 is 0 Å². The number of imidazole rings is 1. The minimum Gasteiger partial charge on any atom is -0.326 e. The van der Waals surface area contributed by atoms with E-state index >= 15 is 0 Å². The molecule has 0 spiro atoms. The van der Waals surface area contributed by atoms with Crippen LogP contribution in [0.5, 0.6) is 0 Å². The predicted molar refractivity (Wildman–Crippen MR) is 66.8 cm³/mol. The largest absolute Gasteiger partial charge is 0.326 e. The lowest BCUT2D eigenvalue weighted by molar-refractivity contribution is 0.616. The quantitative estimate of drug-likeness (QED) is 0.743. The molecule has 1 aromatic heterocycles. The monoisotopic (exact) mass is 234 g/mol. The molecule has 0 bridgehead atoms. The molecule has 1 unspecified atom stereocenters. The molecule has 1 atom stereocenters. The Balaban J connectivity index is 2.39. The maximum Gasteiger partial charge on any atom is 0.0954 e. The van der Waals surface area contributed by atoms with E-state index in [1.54, 1.807) is 0 Å². The lowest BCUT2D eigenvalue weighted by Gasteiger charge is -2.18. The van der Waals surface area contributed by atoms with Crippen molar-refractivity contribution >= 4 is 11.6 Å². The van der Waals surface area contributed by atoms with Gasteiger partial charge in [0, 0.05) is 6.20 Å². The van der Waals surface area contributed by atoms with Gasteiger partial charge in [0.15, 0.2) is 0 Å². The first-order chi connectivity index (χ1) is 7.74. The van der Waals surface area contributed by atoms with Crippen molar-refractivity contribution < 1.29 is 0 Å². The molecule has 16 heavy (non-hydrogen) atoms. The highest BCUT2D eigenvalue weighted by atomic mass is 35.5. The van der Waals surface area contributed by atoms with Crippen LogP contribution in [0.3, 0.4) is 0 Å². The second-order valence-electron chi connectivity index (χ2n) is 3.96. The van der Waals surface area contributed by atoms with Gasteiger partial charge in [-0.2, -0.15) is 0 Å². The zero-order valence-corrected chi connectivity index (χ0v) is 10.3. The average molecular weight is 235 g/mol. The molecule has 1 heterocycles. The Morgan fingerprint density at radius 2 is 2.12 bits per heavy atom. The molecule has 0 saturated carbocycles. The molecule has 0 aliphatic heterocycles. The molecule has 0 amide bonds. The molecule has 0 fully saturated rings. The van der Waals surface area contributed by atoms with Crippen molar-refractivity contribution in [3.8, 4) is 0 Å². The van der Waals surface area contributed by atoms with Crippen LogP contribution in [0.15, 0.2) is 36.8 Å². The third-order valence-electron chi connectivity index (χ3n) is 2.94. The van der Waals surface area contributed by atoms with Crippen molar-refractivity contribution in [3.63, 3.8) is 0 Å². The number of alkyl halides is 1. The van der Waals surface area contributed by atoms with E-state index in [2.05, 4.69) is 47.7 Å². The van der Waals surface area contributed by atoms with Crippen molar-refractivity contribution in [2.75, 3.05) is 0 Å². The van der Waals surface area contributed by atoms with Crippen LogP contribution in [0, 0.1) is 6.92 Å². The van der Waals surface area contributed by atoms with E-state index in [-0.39, 0.29) is 6.04 Å². The van der Waals surface area contributed by atoms with Crippen molar-refractivity contribution in [3.05, 3.63) is 53.6 Å². The smallest absolute Gasteiger partial charge is 0.0954 e. The van der Waals surface area contributed by atoms with Gasteiger partial charge < -0.3 is 4.57 Å². The molecule has 1 aromatic carbocycles. The number of rotatable bonds is 3. The minimum atomic E-state index is 0.275. The van der Waals surface area contributed by atoms with Gasteiger partial charge >= 0.3 is 0 Å². The Hall–Kier alpha value is -1.28. The molecular formula is C13H15ClN2. The first-order valence-corrected chi connectivity index (χ1v) is 5.89. The molecule has 0 N–H and O–H groups in total. The summed E-state index contributed by atoms with van der Waals surface area (Å²) < 4.78 is 2.12. The van der Waals surface area contributed by atoms with Crippen molar-refractivity contribution in [2.24, 2.45) is 0 Å². The highest BCUT2D eigenvalue weighted by Gasteiger charge is 2.12. The van der Waals surface area contributed by atoms with Gasteiger partial charge in [-0.05, 0) is 25.0 Å². The number of nitrogens with zero attached hydrogens (tertiary/aromatic N) is 2. The Labute approximate surface area is 101 Å². The zero-order chi connectivity index (χ0) is 11.5. The van der Waals surface area contributed by atoms with Crippen LogP contribution in [-0.2, 0) is 5.88 Å². The third-order valence-corrected chi connectivity index (χ3v) is 3.21. The zero-order valence-electron chi connectivity index (χ0n) is 9.52. The molecule has 0 aliphatic carbocycles. The van der Waals surface area contributed by atoms with E-state index in [1.165, 1.54) is 11.1 Å². The fourth-order valence-corrected chi connectivity index (χ4v) is 2.20. The summed E-state index contributed by atoms with van der Waals surface area (Å²) in [5.74, 6) is 0.496. The molecule has 0 radical (unpaired) electrons. The molecule has 2 aromatic rings. The van der Waals surface area contributed by atoms with Crippen LogP contribution in [-0.4, -0.2) is 9.55 Å². The minimum absolute atomic E-state index is 0.275. The van der Waals surface area contributed by atoms with Crippen molar-refractivity contribution in [1.82, 2.24) is 9.55 Å². The first kappa shape index (κ1) is 11.2. The van der Waals surface area contributed by atoms with E-state index in [1.807, 2.05) is 12.5 Å². The summed E-state index contributed by atoms with van der Waals surface area (Å²) in [4.78, 5) is 4.15. The van der Waals surface area contributed by atoms with Crippen LogP contribution in [0.2, 0.25) is 0 Å². The number of aryl methyl sites for hydroxylation is 1. The summed E-state index contributed by atoms with van der Waals surface area (Å²) in [7, 11) is 0. The van der Waals surface area contributed by atoms with Gasteiger partial charge in [-0.1, -0.05) is 24.3 Å². The van der Waals surface area contributed by atoms with Crippen LogP contribution in [0.4, 0.5) is 0 Å². The van der Waals surface area contributed by atoms with Gasteiger partial charge in [-0.25, -0.2) is 4.98 Å². The van der Waals surface area contributed by atoms with Gasteiger partial charge in [0.25, 0.3) is 0 Å². The second-order valence-corrected chi connectivity index (χ2v) is 4.23. The van der Waals surface area contributed by atoms with Crippen molar-refractivity contribution in [1.29, 1.82) is 0 Å². The van der Waals surface area contributed by atoms with Gasteiger partial charge in [-0.15, -0.1) is 11.6 Å². The topological polar surface area (TPSA) is 17.8 Å². The van der Waals surface area contributed by atoms with Gasteiger partial charge in [-0.3, -0.25) is 0 Å². The number of halogens is 1. The summed E-state index contributed by atoms with van der Waals surface area (Å²) in [5.41, 5.74) is 3.66. The Kier molecular flexibility index (Phi) is 3.30. The summed E-state index contributed by atoms with van der Waals surface area (Å²) in [6, 6.07) is 8.68. The molecule has 0 saturated heterocycles. The number of hydrogen-bond acceptors (Lipinski definition) is 1. The van der Waals surface area contributed by atoms with Crippen LogP contribution in [0.25, 0.3) is 0 Å². The lowest BCUT2D eigenvalue weighted by atomic mass is 10.0. The predicted octanol–water partition coefficient (Wildman–Crippen LogP) is 3.54. The molecule has 84 valence electrons. The normalized spacial score (nSPS) is 12.7. The van der Waals surface area contributed by atoms with E-state index in [0.29, 0.717) is 5.88 Å². The molecule has 2 rings (SSSR count). The maximum absolute atomic E-state index is 5.88. The highest BCUT2D eigenvalue weighted by molar-refractivity contribution is 6.16. The lowest BCUT2D eigenvalue weighted by Crippen LogP contribution is -2.09. The molecule has 0 aliphatic rings. The third kappa shape index (κ3) is 1.98. The Morgan fingerprint density at radius 1 is 1.38 bits per heavy atom. The van der Waals surface area contributed by atoms with Crippen LogP contribution >= 0.6 is 11.6 Å². The van der Waals surface area contributed by atoms with Gasteiger partial charge in [0.1, 0.15) is 0 Å². The summed E-state index contributed by atoms with van der Waals surface area (Å²) >= 11 is 5.88. The highest BCUT2D eigenvalue weighted by Crippen LogP contribution is 2.23. The first-order valence-electron chi connectivity index (χ1n) is 5.36. The fraction of sp³-hybridized carbons (Fsp3) is 0.308. The van der Waals surface area contributed by atoms with Crippen LogP contribution < -0.4 is 0 Å². The Bertz CT molecular complexity index is 476.